The number of carbonyl (C=O) groups excluding carboxylic acids is 1. The van der Waals surface area contributed by atoms with Crippen molar-refractivity contribution >= 4 is 18.3 Å². The lowest BCUT2D eigenvalue weighted by Gasteiger charge is -2.55. The lowest BCUT2D eigenvalue weighted by molar-refractivity contribution is -0.146. The minimum Gasteiger partial charge on any atom is -0.355 e. The van der Waals surface area contributed by atoms with E-state index >= 15 is 0 Å². The van der Waals surface area contributed by atoms with E-state index in [0.717, 1.165) is 42.3 Å². The Labute approximate surface area is 146 Å². The summed E-state index contributed by atoms with van der Waals surface area (Å²) in [5.74, 6) is 3.75. The van der Waals surface area contributed by atoms with Gasteiger partial charge in [0.05, 0.1) is 0 Å². The molecule has 2 aliphatic heterocycles. The predicted octanol–water partition coefficient (Wildman–Crippen LogP) is 3.27. The zero-order valence-corrected chi connectivity index (χ0v) is 14.9. The molecule has 0 aromatic heterocycles. The van der Waals surface area contributed by atoms with Gasteiger partial charge in [0.15, 0.2) is 0 Å². The molecule has 0 radical (unpaired) electrons. The number of halogens is 1. The van der Waals surface area contributed by atoms with Gasteiger partial charge in [-0.1, -0.05) is 0 Å². The van der Waals surface area contributed by atoms with Gasteiger partial charge in [-0.15, -0.1) is 12.4 Å². The molecular formula is C19H31ClN2O. The van der Waals surface area contributed by atoms with Gasteiger partial charge in [-0.2, -0.15) is 0 Å². The molecule has 4 aliphatic carbocycles. The van der Waals surface area contributed by atoms with Crippen molar-refractivity contribution < 1.29 is 4.79 Å². The summed E-state index contributed by atoms with van der Waals surface area (Å²) in [5, 5.41) is 7.12. The summed E-state index contributed by atoms with van der Waals surface area (Å²) >= 11 is 0. The largest absolute Gasteiger partial charge is 0.355 e. The Morgan fingerprint density at radius 1 is 0.913 bits per heavy atom. The van der Waals surface area contributed by atoms with Crippen molar-refractivity contribution in [1.29, 1.82) is 0 Å². The fourth-order valence-corrected chi connectivity index (χ4v) is 7.16. The van der Waals surface area contributed by atoms with Gasteiger partial charge >= 0.3 is 0 Å². The van der Waals surface area contributed by atoms with Crippen molar-refractivity contribution in [2.75, 3.05) is 6.54 Å². The number of hydrogen-bond acceptors (Lipinski definition) is 2. The van der Waals surface area contributed by atoms with Crippen molar-refractivity contribution in [1.82, 2.24) is 10.6 Å². The standard InChI is InChI=1S/C19H30N2O.ClH/c22-18(20-11-15-6-16-1-2-17(7-15)21-16)19-8-12-3-13(9-19)5-14(4-12)10-19;/h12-17,21H,1-11H2,(H,20,22);1H/t12?,13?,14?,15?,16-,17+,19?;. The van der Waals surface area contributed by atoms with E-state index < -0.39 is 0 Å². The van der Waals surface area contributed by atoms with E-state index in [0.29, 0.717) is 5.91 Å². The molecule has 3 nitrogen and oxygen atoms in total. The van der Waals surface area contributed by atoms with E-state index in [-0.39, 0.29) is 17.8 Å². The highest BCUT2D eigenvalue weighted by Gasteiger charge is 2.54. The van der Waals surface area contributed by atoms with Crippen LogP contribution in [0.1, 0.15) is 64.2 Å². The Bertz CT molecular complexity index is 433. The van der Waals surface area contributed by atoms with E-state index in [2.05, 4.69) is 10.6 Å². The minimum absolute atomic E-state index is 0. The second-order valence-corrected chi connectivity index (χ2v) is 9.38. The number of piperidine rings is 1. The van der Waals surface area contributed by atoms with Gasteiger partial charge in [0, 0.05) is 24.0 Å². The van der Waals surface area contributed by atoms with Gasteiger partial charge in [0.1, 0.15) is 0 Å². The van der Waals surface area contributed by atoms with Gasteiger partial charge in [0.2, 0.25) is 5.91 Å². The van der Waals surface area contributed by atoms with Crippen LogP contribution in [0.2, 0.25) is 0 Å². The number of nitrogens with one attached hydrogen (secondary N) is 2. The van der Waals surface area contributed by atoms with Crippen LogP contribution in [0.3, 0.4) is 0 Å². The molecule has 6 fully saturated rings. The number of hydrogen-bond donors (Lipinski definition) is 2. The predicted molar refractivity (Wildman–Crippen MR) is 93.5 cm³/mol. The quantitative estimate of drug-likeness (QED) is 0.829. The van der Waals surface area contributed by atoms with Gasteiger partial charge in [-0.3, -0.25) is 4.79 Å². The minimum atomic E-state index is 0. The summed E-state index contributed by atoms with van der Waals surface area (Å²) in [4.78, 5) is 13.0. The van der Waals surface area contributed by atoms with Crippen LogP contribution >= 0.6 is 12.4 Å². The van der Waals surface area contributed by atoms with Crippen LogP contribution in [0.5, 0.6) is 0 Å². The number of amides is 1. The van der Waals surface area contributed by atoms with E-state index in [9.17, 15) is 4.79 Å². The molecule has 0 aromatic carbocycles. The van der Waals surface area contributed by atoms with E-state index in [1.54, 1.807) is 0 Å². The maximum atomic E-state index is 13.0. The normalized spacial score (nSPS) is 49.7. The molecular weight excluding hydrogens is 308 g/mol. The molecule has 6 bridgehead atoms. The number of carbonyl (C=O) groups is 1. The van der Waals surface area contributed by atoms with Crippen LogP contribution in [-0.4, -0.2) is 24.5 Å². The van der Waals surface area contributed by atoms with E-state index in [1.807, 2.05) is 0 Å². The van der Waals surface area contributed by atoms with Crippen molar-refractivity contribution in [2.24, 2.45) is 29.1 Å². The fourth-order valence-electron chi connectivity index (χ4n) is 7.16. The summed E-state index contributed by atoms with van der Waals surface area (Å²) in [5.41, 5.74) is 0.0423. The Hall–Kier alpha value is -0.280. The lowest BCUT2D eigenvalue weighted by atomic mass is 9.49. The molecule has 0 aromatic rings. The SMILES string of the molecule is Cl.O=C(NCC1C[C@H]2CC[C@@H](C1)N2)C12CC3CC(CC(C3)C1)C2. The summed E-state index contributed by atoms with van der Waals surface area (Å²) in [7, 11) is 0. The lowest BCUT2D eigenvalue weighted by Crippen LogP contribution is -2.54. The molecule has 1 amide bonds. The first-order valence-corrected chi connectivity index (χ1v) is 9.73. The molecule has 6 rings (SSSR count). The van der Waals surface area contributed by atoms with Crippen LogP contribution in [0.25, 0.3) is 0 Å². The third-order valence-corrected chi connectivity index (χ3v) is 7.64. The topological polar surface area (TPSA) is 41.1 Å². The Morgan fingerprint density at radius 3 is 1.96 bits per heavy atom. The maximum Gasteiger partial charge on any atom is 0.226 e. The maximum absolute atomic E-state index is 13.0. The average Bonchev–Trinajstić information content (AvgIpc) is 2.82. The molecule has 130 valence electrons. The third-order valence-electron chi connectivity index (χ3n) is 7.64. The molecule has 23 heavy (non-hydrogen) atoms. The van der Waals surface area contributed by atoms with E-state index in [4.69, 9.17) is 0 Å². The zero-order valence-electron chi connectivity index (χ0n) is 14.1. The highest BCUT2D eigenvalue weighted by atomic mass is 35.5. The number of rotatable bonds is 3. The van der Waals surface area contributed by atoms with Crippen LogP contribution < -0.4 is 10.6 Å². The molecule has 1 unspecified atom stereocenters. The van der Waals surface area contributed by atoms with Crippen molar-refractivity contribution in [3.05, 3.63) is 0 Å². The molecule has 0 spiro atoms. The van der Waals surface area contributed by atoms with Crippen LogP contribution in [0, 0.1) is 29.1 Å². The summed E-state index contributed by atoms with van der Waals surface area (Å²) in [6.45, 7) is 0.940. The van der Waals surface area contributed by atoms with Crippen molar-refractivity contribution in [2.45, 2.75) is 76.3 Å². The monoisotopic (exact) mass is 338 g/mol. The Balaban J connectivity index is 0.00000135. The first-order valence-electron chi connectivity index (χ1n) is 9.73. The summed E-state index contributed by atoms with van der Waals surface area (Å²) in [6, 6.07) is 1.47. The molecule has 6 aliphatic rings. The molecule has 2 heterocycles. The Kier molecular flexibility index (Phi) is 4.16. The van der Waals surface area contributed by atoms with Gasteiger partial charge < -0.3 is 10.6 Å². The van der Waals surface area contributed by atoms with Crippen molar-refractivity contribution in [3.8, 4) is 0 Å². The molecule has 2 N–H and O–H groups in total. The van der Waals surface area contributed by atoms with E-state index in [1.165, 1.54) is 64.2 Å². The molecule has 4 saturated carbocycles. The van der Waals surface area contributed by atoms with Crippen LogP contribution in [0.4, 0.5) is 0 Å². The van der Waals surface area contributed by atoms with Gasteiger partial charge in [0.25, 0.3) is 0 Å². The highest BCUT2D eigenvalue weighted by Crippen LogP contribution is 2.60. The first kappa shape index (κ1) is 16.2. The van der Waals surface area contributed by atoms with Crippen molar-refractivity contribution in [3.63, 3.8) is 0 Å². The zero-order chi connectivity index (χ0) is 14.7. The average molecular weight is 339 g/mol. The molecule has 2 saturated heterocycles. The molecule has 4 heteroatoms. The second-order valence-electron chi connectivity index (χ2n) is 9.38. The first-order chi connectivity index (χ1) is 10.7. The summed E-state index contributed by atoms with van der Waals surface area (Å²) < 4.78 is 0. The summed E-state index contributed by atoms with van der Waals surface area (Å²) in [6.07, 6.45) is 13.1. The van der Waals surface area contributed by atoms with Gasteiger partial charge in [-0.05, 0) is 87.9 Å². The fraction of sp³-hybridized carbons (Fsp3) is 0.947. The number of fused-ring (bicyclic) bond motifs is 2. The van der Waals surface area contributed by atoms with Gasteiger partial charge in [-0.25, -0.2) is 0 Å². The smallest absolute Gasteiger partial charge is 0.226 e. The third kappa shape index (κ3) is 2.82. The second kappa shape index (κ2) is 5.91. The molecule has 3 atom stereocenters. The Morgan fingerprint density at radius 2 is 1.43 bits per heavy atom. The van der Waals surface area contributed by atoms with Crippen LogP contribution in [-0.2, 0) is 4.79 Å². The highest BCUT2D eigenvalue weighted by molar-refractivity contribution is 5.85. The van der Waals surface area contributed by atoms with Crippen LogP contribution in [0.15, 0.2) is 0 Å².